The Labute approximate surface area is 113 Å². The highest BCUT2D eigenvalue weighted by atomic mass is 16.3. The van der Waals surface area contributed by atoms with Gasteiger partial charge >= 0.3 is 0 Å². The molecule has 0 saturated carbocycles. The number of hydrogen-bond donors (Lipinski definition) is 1. The highest BCUT2D eigenvalue weighted by Gasteiger charge is 2.35. The summed E-state index contributed by atoms with van der Waals surface area (Å²) < 4.78 is 0. The molecule has 2 rings (SSSR count). The lowest BCUT2D eigenvalue weighted by Crippen LogP contribution is -2.54. The van der Waals surface area contributed by atoms with Gasteiger partial charge in [-0.2, -0.15) is 0 Å². The average molecular weight is 264 g/mol. The summed E-state index contributed by atoms with van der Waals surface area (Å²) in [6.45, 7) is 3.13. The van der Waals surface area contributed by atoms with Crippen molar-refractivity contribution in [2.75, 3.05) is 31.6 Å². The van der Waals surface area contributed by atoms with Crippen LogP contribution in [-0.2, 0) is 4.79 Å². The normalized spacial score (nSPS) is 23.2. The monoisotopic (exact) mass is 264 g/mol. The van der Waals surface area contributed by atoms with Gasteiger partial charge in [0.15, 0.2) is 0 Å². The van der Waals surface area contributed by atoms with Crippen molar-refractivity contribution >= 4 is 11.9 Å². The molecule has 0 unspecified atom stereocenters. The third-order valence-corrected chi connectivity index (χ3v) is 3.46. The van der Waals surface area contributed by atoms with E-state index < -0.39 is 5.60 Å². The Morgan fingerprint density at radius 1 is 1.53 bits per heavy atom. The first-order valence-electron chi connectivity index (χ1n) is 6.46. The molecule has 6 heteroatoms. The van der Waals surface area contributed by atoms with Crippen LogP contribution < -0.4 is 4.90 Å². The lowest BCUT2D eigenvalue weighted by molar-refractivity contribution is -0.131. The Hall–Kier alpha value is -1.69. The van der Waals surface area contributed by atoms with E-state index in [0.717, 1.165) is 13.0 Å². The molecule has 2 heterocycles. The minimum absolute atomic E-state index is 0.0403. The number of amides is 1. The van der Waals surface area contributed by atoms with Gasteiger partial charge in [0, 0.05) is 32.9 Å². The second-order valence-corrected chi connectivity index (χ2v) is 5.17. The molecule has 19 heavy (non-hydrogen) atoms. The van der Waals surface area contributed by atoms with Crippen LogP contribution in [0, 0.1) is 0 Å². The van der Waals surface area contributed by atoms with Crippen LogP contribution in [0.2, 0.25) is 0 Å². The number of aliphatic hydroxyl groups is 1. The molecule has 1 fully saturated rings. The smallest absolute Gasteiger partial charge is 0.225 e. The largest absolute Gasteiger partial charge is 0.386 e. The molecule has 0 spiro atoms. The van der Waals surface area contributed by atoms with Crippen molar-refractivity contribution in [3.05, 3.63) is 18.5 Å². The van der Waals surface area contributed by atoms with Crippen LogP contribution in [0.3, 0.4) is 0 Å². The first-order chi connectivity index (χ1) is 9.00. The van der Waals surface area contributed by atoms with Crippen molar-refractivity contribution in [3.63, 3.8) is 0 Å². The Morgan fingerprint density at radius 3 is 2.84 bits per heavy atom. The van der Waals surface area contributed by atoms with Gasteiger partial charge in [-0.1, -0.05) is 0 Å². The summed E-state index contributed by atoms with van der Waals surface area (Å²) >= 11 is 0. The molecule has 1 aliphatic heterocycles. The molecular formula is C13H20N4O2. The van der Waals surface area contributed by atoms with Gasteiger partial charge in [-0.3, -0.25) is 4.79 Å². The van der Waals surface area contributed by atoms with E-state index in [-0.39, 0.29) is 5.91 Å². The number of rotatable bonds is 3. The number of carbonyl (C=O) groups excluding carboxylic acids is 1. The second kappa shape index (κ2) is 5.52. The van der Waals surface area contributed by atoms with Crippen molar-refractivity contribution in [1.82, 2.24) is 14.9 Å². The third-order valence-electron chi connectivity index (χ3n) is 3.46. The average Bonchev–Trinajstić information content (AvgIpc) is 2.39. The van der Waals surface area contributed by atoms with E-state index in [1.54, 1.807) is 30.4 Å². The zero-order valence-electron chi connectivity index (χ0n) is 11.4. The predicted molar refractivity (Wildman–Crippen MR) is 71.7 cm³/mol. The molecule has 0 aromatic carbocycles. The molecule has 0 radical (unpaired) electrons. The minimum Gasteiger partial charge on any atom is -0.386 e. The van der Waals surface area contributed by atoms with E-state index in [9.17, 15) is 9.90 Å². The summed E-state index contributed by atoms with van der Waals surface area (Å²) in [6.07, 6.45) is 4.93. The molecule has 1 aromatic rings. The number of hydrogen-bond acceptors (Lipinski definition) is 5. The van der Waals surface area contributed by atoms with E-state index in [2.05, 4.69) is 9.97 Å². The lowest BCUT2D eigenvalue weighted by Gasteiger charge is -2.40. The number of β-amino-alcohol motifs (C(OH)–C–C–N with tert-alkyl or cyclic N) is 1. The molecule has 1 aromatic heterocycles. The molecular weight excluding hydrogens is 244 g/mol. The molecule has 1 aliphatic rings. The fourth-order valence-corrected chi connectivity index (χ4v) is 2.42. The zero-order valence-corrected chi connectivity index (χ0v) is 11.4. The van der Waals surface area contributed by atoms with Gasteiger partial charge in [-0.25, -0.2) is 9.97 Å². The molecule has 6 nitrogen and oxygen atoms in total. The number of carbonyl (C=O) groups is 1. The molecule has 1 saturated heterocycles. The molecule has 104 valence electrons. The zero-order chi connectivity index (χ0) is 13.9. The van der Waals surface area contributed by atoms with Crippen LogP contribution in [0.5, 0.6) is 0 Å². The van der Waals surface area contributed by atoms with E-state index in [0.29, 0.717) is 25.5 Å². The van der Waals surface area contributed by atoms with Gasteiger partial charge in [0.1, 0.15) is 0 Å². The second-order valence-electron chi connectivity index (χ2n) is 5.17. The standard InChI is InChI=1S/C13H20N4O2/c1-11(18)16(2)9-13(19)5-3-8-17(10-13)12-14-6-4-7-15-12/h4,6-7,19H,3,5,8-10H2,1-2H3/t13-/m1/s1. The minimum atomic E-state index is -0.891. The highest BCUT2D eigenvalue weighted by molar-refractivity contribution is 5.72. The summed E-state index contributed by atoms with van der Waals surface area (Å²) in [6, 6.07) is 1.77. The summed E-state index contributed by atoms with van der Waals surface area (Å²) in [4.78, 5) is 23.2. The molecule has 1 atom stereocenters. The number of anilines is 1. The predicted octanol–water partition coefficient (Wildman–Crippen LogP) is 0.286. The molecule has 0 aliphatic carbocycles. The Bertz CT molecular complexity index is 440. The molecule has 0 bridgehead atoms. The topological polar surface area (TPSA) is 69.6 Å². The molecule has 1 N–H and O–H groups in total. The van der Waals surface area contributed by atoms with Crippen LogP contribution in [0.25, 0.3) is 0 Å². The Morgan fingerprint density at radius 2 is 2.21 bits per heavy atom. The maximum absolute atomic E-state index is 11.3. The van der Waals surface area contributed by atoms with E-state index in [4.69, 9.17) is 0 Å². The van der Waals surface area contributed by atoms with Crippen molar-refractivity contribution in [2.45, 2.75) is 25.4 Å². The first kappa shape index (κ1) is 13.7. The fourth-order valence-electron chi connectivity index (χ4n) is 2.42. The Kier molecular flexibility index (Phi) is 3.99. The summed E-state index contributed by atoms with van der Waals surface area (Å²) in [5.74, 6) is 0.590. The van der Waals surface area contributed by atoms with Gasteiger partial charge in [0.2, 0.25) is 11.9 Å². The summed E-state index contributed by atoms with van der Waals surface area (Å²) in [5.41, 5.74) is -0.891. The third kappa shape index (κ3) is 3.41. The van der Waals surface area contributed by atoms with Crippen LogP contribution >= 0.6 is 0 Å². The van der Waals surface area contributed by atoms with Crippen molar-refractivity contribution in [1.29, 1.82) is 0 Å². The van der Waals surface area contributed by atoms with Crippen molar-refractivity contribution in [3.8, 4) is 0 Å². The first-order valence-corrected chi connectivity index (χ1v) is 6.46. The van der Waals surface area contributed by atoms with Crippen molar-refractivity contribution < 1.29 is 9.90 Å². The van der Waals surface area contributed by atoms with Crippen LogP contribution in [-0.4, -0.2) is 58.2 Å². The quantitative estimate of drug-likeness (QED) is 0.849. The van der Waals surface area contributed by atoms with E-state index >= 15 is 0 Å². The fraction of sp³-hybridized carbons (Fsp3) is 0.615. The van der Waals surface area contributed by atoms with Gasteiger partial charge < -0.3 is 14.9 Å². The number of likely N-dealkylation sites (N-methyl/N-ethyl adjacent to an activating group) is 1. The highest BCUT2D eigenvalue weighted by Crippen LogP contribution is 2.24. The summed E-state index contributed by atoms with van der Waals surface area (Å²) in [5, 5.41) is 10.6. The summed E-state index contributed by atoms with van der Waals surface area (Å²) in [7, 11) is 1.71. The SMILES string of the molecule is CC(=O)N(C)C[C@]1(O)CCCN(c2ncccn2)C1. The lowest BCUT2D eigenvalue weighted by atomic mass is 9.92. The van der Waals surface area contributed by atoms with Crippen LogP contribution in [0.1, 0.15) is 19.8 Å². The molecule has 1 amide bonds. The maximum Gasteiger partial charge on any atom is 0.225 e. The van der Waals surface area contributed by atoms with Crippen LogP contribution in [0.4, 0.5) is 5.95 Å². The van der Waals surface area contributed by atoms with Gasteiger partial charge in [-0.05, 0) is 18.9 Å². The van der Waals surface area contributed by atoms with Gasteiger partial charge in [0.25, 0.3) is 0 Å². The van der Waals surface area contributed by atoms with Gasteiger partial charge in [0.05, 0.1) is 18.7 Å². The number of piperidine rings is 1. The van der Waals surface area contributed by atoms with E-state index in [1.807, 2.05) is 4.90 Å². The Balaban J connectivity index is 2.06. The van der Waals surface area contributed by atoms with Crippen molar-refractivity contribution in [2.24, 2.45) is 0 Å². The number of nitrogens with zero attached hydrogens (tertiary/aromatic N) is 4. The number of aromatic nitrogens is 2. The van der Waals surface area contributed by atoms with Gasteiger partial charge in [-0.15, -0.1) is 0 Å². The van der Waals surface area contributed by atoms with E-state index in [1.165, 1.54) is 6.92 Å². The van der Waals surface area contributed by atoms with Crippen LogP contribution in [0.15, 0.2) is 18.5 Å². The maximum atomic E-state index is 11.3.